The molecule has 0 aromatic rings. The second-order valence-electron chi connectivity index (χ2n) is 4.33. The first kappa shape index (κ1) is 14.7. The van der Waals surface area contributed by atoms with Gasteiger partial charge in [0.2, 0.25) is 11.8 Å². The van der Waals surface area contributed by atoms with Crippen LogP contribution in [0.3, 0.4) is 0 Å². The molecule has 1 fully saturated rings. The highest BCUT2D eigenvalue weighted by atomic mass is 16.4. The summed E-state index contributed by atoms with van der Waals surface area (Å²) in [6.45, 7) is -0.688. The molecule has 19 heavy (non-hydrogen) atoms. The zero-order chi connectivity index (χ0) is 14.6. The average molecular weight is 272 g/mol. The largest absolute Gasteiger partial charge is 0.480 e. The molecule has 9 nitrogen and oxygen atoms in total. The van der Waals surface area contributed by atoms with Gasteiger partial charge in [0, 0.05) is 13.1 Å². The fourth-order valence-corrected chi connectivity index (χ4v) is 1.91. The summed E-state index contributed by atoms with van der Waals surface area (Å²) in [4.78, 5) is 46.6. The number of primary amides is 2. The maximum atomic E-state index is 12.0. The Hall–Kier alpha value is -2.32. The highest BCUT2D eigenvalue weighted by Gasteiger charge is 2.33. The van der Waals surface area contributed by atoms with E-state index in [0.717, 1.165) is 4.90 Å². The van der Waals surface area contributed by atoms with Gasteiger partial charge in [0.05, 0.1) is 5.92 Å². The number of hydrogen-bond acceptors (Lipinski definition) is 4. The number of urea groups is 1. The summed E-state index contributed by atoms with van der Waals surface area (Å²) in [5.74, 6) is -3.00. The number of carboxylic acids is 1. The van der Waals surface area contributed by atoms with Crippen LogP contribution in [0, 0.1) is 5.92 Å². The smallest absolute Gasteiger partial charge is 0.323 e. The predicted octanol–water partition coefficient (Wildman–Crippen LogP) is -2.21. The van der Waals surface area contributed by atoms with Crippen molar-refractivity contribution in [1.29, 1.82) is 0 Å². The Morgan fingerprint density at radius 3 is 2.26 bits per heavy atom. The van der Waals surface area contributed by atoms with Crippen molar-refractivity contribution in [1.82, 2.24) is 9.80 Å². The van der Waals surface area contributed by atoms with E-state index < -0.39 is 42.8 Å². The molecule has 0 aromatic carbocycles. The predicted molar refractivity (Wildman–Crippen MR) is 62.7 cm³/mol. The van der Waals surface area contributed by atoms with Gasteiger partial charge in [-0.15, -0.1) is 0 Å². The molecule has 5 N–H and O–H groups in total. The van der Waals surface area contributed by atoms with E-state index in [0.29, 0.717) is 13.0 Å². The van der Waals surface area contributed by atoms with Gasteiger partial charge in [-0.3, -0.25) is 14.4 Å². The van der Waals surface area contributed by atoms with Gasteiger partial charge in [0.15, 0.2) is 0 Å². The quantitative estimate of drug-likeness (QED) is 0.519. The van der Waals surface area contributed by atoms with Crippen LogP contribution < -0.4 is 11.5 Å². The molecular formula is C10H16N4O5. The van der Waals surface area contributed by atoms with Gasteiger partial charge in [0.1, 0.15) is 13.1 Å². The van der Waals surface area contributed by atoms with Crippen molar-refractivity contribution in [2.75, 3.05) is 26.2 Å². The van der Waals surface area contributed by atoms with Gasteiger partial charge in [-0.25, -0.2) is 4.79 Å². The maximum Gasteiger partial charge on any atom is 0.323 e. The zero-order valence-electron chi connectivity index (χ0n) is 10.2. The van der Waals surface area contributed by atoms with Crippen LogP contribution in [0.5, 0.6) is 0 Å². The van der Waals surface area contributed by atoms with Crippen molar-refractivity contribution in [3.63, 3.8) is 0 Å². The lowest BCUT2D eigenvalue weighted by Gasteiger charge is -2.25. The molecule has 1 aliphatic heterocycles. The van der Waals surface area contributed by atoms with E-state index in [-0.39, 0.29) is 6.54 Å². The van der Waals surface area contributed by atoms with Crippen LogP contribution in [0.15, 0.2) is 0 Å². The number of amides is 4. The van der Waals surface area contributed by atoms with Crippen molar-refractivity contribution in [2.24, 2.45) is 17.4 Å². The van der Waals surface area contributed by atoms with Gasteiger partial charge in [0.25, 0.3) is 0 Å². The number of aliphatic carboxylic acids is 1. The first-order chi connectivity index (χ1) is 8.81. The van der Waals surface area contributed by atoms with Crippen LogP contribution in [0.4, 0.5) is 4.79 Å². The lowest BCUT2D eigenvalue weighted by Crippen LogP contribution is -2.48. The summed E-state index contributed by atoms with van der Waals surface area (Å²) in [5.41, 5.74) is 10.1. The van der Waals surface area contributed by atoms with E-state index in [2.05, 4.69) is 0 Å². The van der Waals surface area contributed by atoms with Crippen LogP contribution in [-0.2, 0) is 14.4 Å². The Balaban J connectivity index is 2.69. The van der Waals surface area contributed by atoms with Gasteiger partial charge >= 0.3 is 12.0 Å². The number of nitrogens with zero attached hydrogens (tertiary/aromatic N) is 2. The number of rotatable bonds is 5. The molecule has 0 bridgehead atoms. The number of nitrogens with two attached hydrogens (primary N) is 2. The average Bonchev–Trinajstić information content (AvgIpc) is 2.75. The number of carbonyl (C=O) groups excluding carboxylic acids is 3. The molecule has 4 amide bonds. The van der Waals surface area contributed by atoms with Crippen molar-refractivity contribution < 1.29 is 24.3 Å². The molecule has 1 rings (SSSR count). The minimum Gasteiger partial charge on any atom is -0.480 e. The van der Waals surface area contributed by atoms with Gasteiger partial charge in [-0.1, -0.05) is 0 Å². The van der Waals surface area contributed by atoms with Crippen LogP contribution in [0.25, 0.3) is 0 Å². The molecule has 1 aliphatic rings. The van der Waals surface area contributed by atoms with E-state index in [4.69, 9.17) is 16.6 Å². The Labute approximate surface area is 109 Å². The summed E-state index contributed by atoms with van der Waals surface area (Å²) in [6, 6.07) is -0.634. The van der Waals surface area contributed by atoms with E-state index in [1.807, 2.05) is 0 Å². The third kappa shape index (κ3) is 4.12. The standard InChI is InChI=1S/C10H16N4O5/c11-7(15)4-14(5-8(16)17)10(19)13-2-1-6(3-13)9(12)18/h6H,1-5H2,(H2,11,15)(H2,12,18)(H,16,17). The molecule has 1 atom stereocenters. The van der Waals surface area contributed by atoms with Crippen molar-refractivity contribution in [3.05, 3.63) is 0 Å². The highest BCUT2D eigenvalue weighted by Crippen LogP contribution is 2.17. The topological polar surface area (TPSA) is 147 Å². The Bertz CT molecular complexity index is 395. The lowest BCUT2D eigenvalue weighted by molar-refractivity contribution is -0.138. The number of likely N-dealkylation sites (tertiary alicyclic amines) is 1. The molecule has 0 aromatic heterocycles. The van der Waals surface area contributed by atoms with Gasteiger partial charge in [-0.05, 0) is 6.42 Å². The lowest BCUT2D eigenvalue weighted by atomic mass is 10.1. The molecule has 106 valence electrons. The molecule has 1 heterocycles. The Morgan fingerprint density at radius 2 is 1.84 bits per heavy atom. The summed E-state index contributed by atoms with van der Waals surface area (Å²) in [7, 11) is 0. The van der Waals surface area contributed by atoms with Crippen LogP contribution in [0.2, 0.25) is 0 Å². The normalized spacial score (nSPS) is 18.1. The van der Waals surface area contributed by atoms with Crippen LogP contribution in [0.1, 0.15) is 6.42 Å². The first-order valence-corrected chi connectivity index (χ1v) is 5.64. The molecule has 9 heteroatoms. The molecule has 0 saturated carbocycles. The summed E-state index contributed by atoms with van der Waals surface area (Å²) >= 11 is 0. The molecule has 0 spiro atoms. The highest BCUT2D eigenvalue weighted by molar-refractivity contribution is 5.86. The van der Waals surface area contributed by atoms with Crippen molar-refractivity contribution in [2.45, 2.75) is 6.42 Å². The Kier molecular flexibility index (Phi) is 4.67. The first-order valence-electron chi connectivity index (χ1n) is 5.64. The maximum absolute atomic E-state index is 12.0. The summed E-state index contributed by atoms with van der Waals surface area (Å²) in [5, 5.41) is 8.69. The molecular weight excluding hydrogens is 256 g/mol. The molecule has 0 aliphatic carbocycles. The van der Waals surface area contributed by atoms with Gasteiger partial charge in [-0.2, -0.15) is 0 Å². The molecule has 1 unspecified atom stereocenters. The number of hydrogen-bond donors (Lipinski definition) is 3. The molecule has 0 radical (unpaired) electrons. The third-order valence-electron chi connectivity index (χ3n) is 2.80. The van der Waals surface area contributed by atoms with E-state index in [1.165, 1.54) is 4.90 Å². The van der Waals surface area contributed by atoms with Crippen LogP contribution >= 0.6 is 0 Å². The van der Waals surface area contributed by atoms with Gasteiger partial charge < -0.3 is 26.4 Å². The fraction of sp³-hybridized carbons (Fsp3) is 0.600. The number of carbonyl (C=O) groups is 4. The molecule has 1 saturated heterocycles. The number of carboxylic acid groups (broad SMARTS) is 1. The van der Waals surface area contributed by atoms with Crippen molar-refractivity contribution >= 4 is 23.8 Å². The minimum absolute atomic E-state index is 0.128. The Morgan fingerprint density at radius 1 is 1.21 bits per heavy atom. The second-order valence-corrected chi connectivity index (χ2v) is 4.33. The fourth-order valence-electron chi connectivity index (χ4n) is 1.91. The van der Waals surface area contributed by atoms with Crippen molar-refractivity contribution in [3.8, 4) is 0 Å². The zero-order valence-corrected chi connectivity index (χ0v) is 10.2. The van der Waals surface area contributed by atoms with E-state index in [1.54, 1.807) is 0 Å². The minimum atomic E-state index is -1.25. The van der Waals surface area contributed by atoms with Crippen LogP contribution in [-0.4, -0.2) is 64.9 Å². The van der Waals surface area contributed by atoms with E-state index in [9.17, 15) is 19.2 Å². The second kappa shape index (κ2) is 6.03. The third-order valence-corrected chi connectivity index (χ3v) is 2.80. The van der Waals surface area contributed by atoms with E-state index >= 15 is 0 Å². The summed E-state index contributed by atoms with van der Waals surface area (Å²) < 4.78 is 0. The summed E-state index contributed by atoms with van der Waals surface area (Å²) in [6.07, 6.45) is 0.429. The monoisotopic (exact) mass is 272 g/mol. The SMILES string of the molecule is NC(=O)CN(CC(=O)O)C(=O)N1CCC(C(N)=O)C1.